The van der Waals surface area contributed by atoms with Crippen molar-refractivity contribution in [3.8, 4) is 0 Å². The Kier molecular flexibility index (Phi) is 4.98. The van der Waals surface area contributed by atoms with Gasteiger partial charge in [0.05, 0.1) is 6.54 Å². The Hall–Kier alpha value is -2.16. The Balaban J connectivity index is 1.56. The number of imidazole rings is 1. The number of rotatable bonds is 5. The molecule has 0 spiro atoms. The molecule has 3 heterocycles. The quantitative estimate of drug-likeness (QED) is 0.902. The lowest BCUT2D eigenvalue weighted by atomic mass is 10.1. The zero-order chi connectivity index (χ0) is 17.0. The summed E-state index contributed by atoms with van der Waals surface area (Å²) in [5.41, 5.74) is 0. The number of aromatic nitrogens is 4. The summed E-state index contributed by atoms with van der Waals surface area (Å²) < 4.78 is 38.8. The van der Waals surface area contributed by atoms with Crippen LogP contribution in [0.4, 0.5) is 19.0 Å². The zero-order valence-electron chi connectivity index (χ0n) is 13.1. The van der Waals surface area contributed by atoms with Crippen LogP contribution < -0.4 is 10.2 Å². The Morgan fingerprint density at radius 1 is 1.29 bits per heavy atom. The van der Waals surface area contributed by atoms with Crippen LogP contribution in [-0.2, 0) is 13.1 Å². The average Bonchev–Trinajstić information content (AvgIpc) is 2.99. The second-order valence-electron chi connectivity index (χ2n) is 5.83. The average molecular weight is 340 g/mol. The van der Waals surface area contributed by atoms with E-state index < -0.39 is 12.7 Å². The van der Waals surface area contributed by atoms with Crippen molar-refractivity contribution in [2.24, 2.45) is 0 Å². The first-order valence-corrected chi connectivity index (χ1v) is 7.84. The van der Waals surface area contributed by atoms with Gasteiger partial charge in [0.1, 0.15) is 12.4 Å². The summed E-state index contributed by atoms with van der Waals surface area (Å²) in [6.07, 6.45) is 2.10. The number of halogens is 3. The van der Waals surface area contributed by atoms with Gasteiger partial charge in [-0.25, -0.2) is 4.98 Å². The van der Waals surface area contributed by atoms with Crippen molar-refractivity contribution in [3.63, 3.8) is 0 Å². The molecule has 0 aliphatic carbocycles. The molecule has 2 aromatic rings. The molecule has 1 unspecified atom stereocenters. The minimum atomic E-state index is -4.25. The standard InChI is InChI=1S/C15H19F3N6/c16-15(17,18)11-24-8-6-19-14(24)9-20-12-3-2-7-23(10-12)13-4-1-5-21-22-13/h1,4-6,8,12,20H,2-3,7,9-11H2. The lowest BCUT2D eigenvalue weighted by molar-refractivity contribution is -0.141. The Morgan fingerprint density at radius 3 is 2.92 bits per heavy atom. The van der Waals surface area contributed by atoms with Crippen LogP contribution in [0.3, 0.4) is 0 Å². The van der Waals surface area contributed by atoms with E-state index in [-0.39, 0.29) is 6.04 Å². The number of piperidine rings is 1. The number of alkyl halides is 3. The molecule has 1 N–H and O–H groups in total. The Morgan fingerprint density at radius 2 is 2.17 bits per heavy atom. The van der Waals surface area contributed by atoms with Gasteiger partial charge in [0.25, 0.3) is 0 Å². The summed E-state index contributed by atoms with van der Waals surface area (Å²) in [5.74, 6) is 1.21. The van der Waals surface area contributed by atoms with Crippen LogP contribution in [0.2, 0.25) is 0 Å². The molecule has 0 saturated carbocycles. The Bertz CT molecular complexity index is 642. The van der Waals surface area contributed by atoms with E-state index in [9.17, 15) is 13.2 Å². The summed E-state index contributed by atoms with van der Waals surface area (Å²) in [7, 11) is 0. The molecule has 1 aliphatic rings. The van der Waals surface area contributed by atoms with Crippen molar-refractivity contribution in [2.75, 3.05) is 18.0 Å². The molecular formula is C15H19F3N6. The van der Waals surface area contributed by atoms with E-state index in [2.05, 4.69) is 25.4 Å². The van der Waals surface area contributed by atoms with Gasteiger partial charge < -0.3 is 14.8 Å². The van der Waals surface area contributed by atoms with E-state index in [0.29, 0.717) is 12.4 Å². The fraction of sp³-hybridized carbons (Fsp3) is 0.533. The predicted octanol–water partition coefficient (Wildman–Crippen LogP) is 1.99. The molecule has 2 aromatic heterocycles. The monoisotopic (exact) mass is 340 g/mol. The molecule has 1 fully saturated rings. The van der Waals surface area contributed by atoms with Gasteiger partial charge in [-0.3, -0.25) is 0 Å². The third-order valence-corrected chi connectivity index (χ3v) is 4.00. The van der Waals surface area contributed by atoms with E-state index in [1.54, 1.807) is 6.20 Å². The van der Waals surface area contributed by atoms with Gasteiger partial charge in [-0.05, 0) is 25.0 Å². The summed E-state index contributed by atoms with van der Waals surface area (Å²) in [5, 5.41) is 11.3. The van der Waals surface area contributed by atoms with Crippen molar-refractivity contribution in [1.82, 2.24) is 25.1 Å². The fourth-order valence-electron chi connectivity index (χ4n) is 2.89. The number of hydrogen-bond acceptors (Lipinski definition) is 5. The zero-order valence-corrected chi connectivity index (χ0v) is 13.1. The maximum atomic E-state index is 12.5. The molecule has 130 valence electrons. The van der Waals surface area contributed by atoms with Crippen molar-refractivity contribution in [2.45, 2.75) is 38.1 Å². The molecule has 0 bridgehead atoms. The van der Waals surface area contributed by atoms with E-state index in [0.717, 1.165) is 36.3 Å². The molecule has 9 heteroatoms. The Labute approximate surface area is 137 Å². The van der Waals surface area contributed by atoms with Gasteiger partial charge in [0.15, 0.2) is 5.82 Å². The smallest absolute Gasteiger partial charge is 0.354 e. The molecule has 0 aromatic carbocycles. The summed E-state index contributed by atoms with van der Waals surface area (Å²) in [6.45, 7) is 0.945. The SMILES string of the molecule is FC(F)(F)Cn1ccnc1CNC1CCCN(c2cccnn2)C1. The van der Waals surface area contributed by atoms with Crippen molar-refractivity contribution in [3.05, 3.63) is 36.5 Å². The van der Waals surface area contributed by atoms with Crippen LogP contribution in [0, 0.1) is 0 Å². The van der Waals surface area contributed by atoms with E-state index in [4.69, 9.17) is 0 Å². The van der Waals surface area contributed by atoms with Crippen molar-refractivity contribution < 1.29 is 13.2 Å². The van der Waals surface area contributed by atoms with Crippen molar-refractivity contribution >= 4 is 5.82 Å². The fourth-order valence-corrected chi connectivity index (χ4v) is 2.89. The van der Waals surface area contributed by atoms with Gasteiger partial charge in [-0.2, -0.15) is 18.3 Å². The highest BCUT2D eigenvalue weighted by molar-refractivity contribution is 5.37. The maximum absolute atomic E-state index is 12.5. The van der Waals surface area contributed by atoms with E-state index in [1.807, 2.05) is 12.1 Å². The van der Waals surface area contributed by atoms with Crippen LogP contribution >= 0.6 is 0 Å². The highest BCUT2D eigenvalue weighted by Gasteiger charge is 2.29. The second-order valence-corrected chi connectivity index (χ2v) is 5.83. The largest absolute Gasteiger partial charge is 0.406 e. The predicted molar refractivity (Wildman–Crippen MR) is 82.4 cm³/mol. The summed E-state index contributed by atoms with van der Waals surface area (Å²) in [6, 6.07) is 3.93. The number of nitrogens with zero attached hydrogens (tertiary/aromatic N) is 5. The third-order valence-electron chi connectivity index (χ3n) is 4.00. The minimum Gasteiger partial charge on any atom is -0.354 e. The molecular weight excluding hydrogens is 321 g/mol. The van der Waals surface area contributed by atoms with E-state index >= 15 is 0 Å². The minimum absolute atomic E-state index is 0.178. The van der Waals surface area contributed by atoms with Crippen LogP contribution in [0.5, 0.6) is 0 Å². The topological polar surface area (TPSA) is 58.9 Å². The van der Waals surface area contributed by atoms with Crippen LogP contribution in [-0.4, -0.2) is 45.1 Å². The van der Waals surface area contributed by atoms with Gasteiger partial charge in [-0.15, -0.1) is 5.10 Å². The van der Waals surface area contributed by atoms with Crippen LogP contribution in [0.25, 0.3) is 0 Å². The second kappa shape index (κ2) is 7.16. The first-order valence-electron chi connectivity index (χ1n) is 7.84. The first-order chi connectivity index (χ1) is 11.5. The molecule has 1 atom stereocenters. The molecule has 1 aliphatic heterocycles. The highest BCUT2D eigenvalue weighted by atomic mass is 19.4. The molecule has 24 heavy (non-hydrogen) atoms. The summed E-state index contributed by atoms with van der Waals surface area (Å²) in [4.78, 5) is 6.16. The molecule has 0 radical (unpaired) electrons. The number of nitrogens with one attached hydrogen (secondary N) is 1. The highest BCUT2D eigenvalue weighted by Crippen LogP contribution is 2.19. The van der Waals surface area contributed by atoms with Gasteiger partial charge in [0, 0.05) is 37.7 Å². The first kappa shape index (κ1) is 16.7. The maximum Gasteiger partial charge on any atom is 0.406 e. The molecule has 3 rings (SSSR count). The van der Waals surface area contributed by atoms with Crippen LogP contribution in [0.1, 0.15) is 18.7 Å². The molecule has 1 saturated heterocycles. The van der Waals surface area contributed by atoms with Crippen LogP contribution in [0.15, 0.2) is 30.7 Å². The summed E-state index contributed by atoms with van der Waals surface area (Å²) >= 11 is 0. The van der Waals surface area contributed by atoms with Gasteiger partial charge in [0.2, 0.25) is 0 Å². The molecule has 0 amide bonds. The molecule has 6 nitrogen and oxygen atoms in total. The van der Waals surface area contributed by atoms with Crippen molar-refractivity contribution in [1.29, 1.82) is 0 Å². The third kappa shape index (κ3) is 4.44. The van der Waals surface area contributed by atoms with Gasteiger partial charge in [-0.1, -0.05) is 0 Å². The lowest BCUT2D eigenvalue weighted by Gasteiger charge is -2.33. The number of hydrogen-bond donors (Lipinski definition) is 1. The van der Waals surface area contributed by atoms with E-state index in [1.165, 1.54) is 12.4 Å². The van der Waals surface area contributed by atoms with Gasteiger partial charge >= 0.3 is 6.18 Å². The normalized spacial score (nSPS) is 18.8. The number of anilines is 1. The lowest BCUT2D eigenvalue weighted by Crippen LogP contribution is -2.46.